The van der Waals surface area contributed by atoms with Crippen molar-refractivity contribution in [2.24, 2.45) is 5.92 Å². The van der Waals surface area contributed by atoms with Gasteiger partial charge in [-0.05, 0) is 66.6 Å². The Bertz CT molecular complexity index is 259. The standard InChI is InChI=1S/C16H33N3/c1-13(2)18-10-14(3)19(15(4)11-18)12-16-6-8-17(5)9-7-16/h13-16H,6-12H2,1-5H3. The van der Waals surface area contributed by atoms with E-state index in [0.29, 0.717) is 18.1 Å². The average molecular weight is 267 g/mol. The number of hydrogen-bond acceptors (Lipinski definition) is 3. The highest BCUT2D eigenvalue weighted by atomic mass is 15.3. The third kappa shape index (κ3) is 3.93. The van der Waals surface area contributed by atoms with Crippen LogP contribution in [0.25, 0.3) is 0 Å². The van der Waals surface area contributed by atoms with Crippen LogP contribution in [0, 0.1) is 5.92 Å². The van der Waals surface area contributed by atoms with Gasteiger partial charge in [0.2, 0.25) is 0 Å². The maximum absolute atomic E-state index is 2.77. The summed E-state index contributed by atoms with van der Waals surface area (Å²) in [5, 5.41) is 0. The second kappa shape index (κ2) is 6.55. The molecule has 3 nitrogen and oxygen atoms in total. The number of piperidine rings is 1. The first kappa shape index (κ1) is 15.3. The van der Waals surface area contributed by atoms with Gasteiger partial charge in [-0.15, -0.1) is 0 Å². The minimum Gasteiger partial charge on any atom is -0.306 e. The number of rotatable bonds is 3. The zero-order valence-electron chi connectivity index (χ0n) is 13.6. The van der Waals surface area contributed by atoms with Gasteiger partial charge in [-0.1, -0.05) is 0 Å². The van der Waals surface area contributed by atoms with Crippen LogP contribution in [0.3, 0.4) is 0 Å². The lowest BCUT2D eigenvalue weighted by molar-refractivity contribution is 0.00753. The van der Waals surface area contributed by atoms with Crippen LogP contribution in [0.1, 0.15) is 40.5 Å². The molecule has 0 bridgehead atoms. The van der Waals surface area contributed by atoms with E-state index in [1.807, 2.05) is 0 Å². The van der Waals surface area contributed by atoms with Crippen molar-refractivity contribution in [3.8, 4) is 0 Å². The molecule has 0 aromatic carbocycles. The second-order valence-corrected chi connectivity index (χ2v) is 7.19. The van der Waals surface area contributed by atoms with E-state index in [9.17, 15) is 0 Å². The predicted octanol–water partition coefficient (Wildman–Crippen LogP) is 2.13. The Kier molecular flexibility index (Phi) is 5.27. The fourth-order valence-corrected chi connectivity index (χ4v) is 3.72. The summed E-state index contributed by atoms with van der Waals surface area (Å²) in [5.74, 6) is 0.923. The van der Waals surface area contributed by atoms with E-state index in [2.05, 4.69) is 49.4 Å². The van der Waals surface area contributed by atoms with Crippen LogP contribution < -0.4 is 0 Å². The molecule has 112 valence electrons. The molecule has 2 rings (SSSR count). The van der Waals surface area contributed by atoms with Crippen molar-refractivity contribution in [1.29, 1.82) is 0 Å². The van der Waals surface area contributed by atoms with Gasteiger partial charge in [0.1, 0.15) is 0 Å². The van der Waals surface area contributed by atoms with Crippen molar-refractivity contribution in [2.45, 2.75) is 58.7 Å². The first-order valence-electron chi connectivity index (χ1n) is 8.15. The largest absolute Gasteiger partial charge is 0.306 e. The molecule has 0 saturated carbocycles. The molecule has 2 heterocycles. The van der Waals surface area contributed by atoms with Gasteiger partial charge in [-0.3, -0.25) is 9.80 Å². The highest BCUT2D eigenvalue weighted by Crippen LogP contribution is 2.23. The molecule has 2 saturated heterocycles. The minimum atomic E-state index is 0.690. The van der Waals surface area contributed by atoms with Crippen LogP contribution in [-0.2, 0) is 0 Å². The van der Waals surface area contributed by atoms with Gasteiger partial charge < -0.3 is 4.90 Å². The van der Waals surface area contributed by atoms with Crippen LogP contribution in [0.2, 0.25) is 0 Å². The van der Waals surface area contributed by atoms with Gasteiger partial charge in [-0.25, -0.2) is 0 Å². The summed E-state index contributed by atoms with van der Waals surface area (Å²) in [7, 11) is 2.25. The smallest absolute Gasteiger partial charge is 0.0198 e. The normalized spacial score (nSPS) is 33.2. The van der Waals surface area contributed by atoms with E-state index in [4.69, 9.17) is 0 Å². The molecule has 3 heteroatoms. The van der Waals surface area contributed by atoms with E-state index in [1.165, 1.54) is 45.6 Å². The van der Waals surface area contributed by atoms with Crippen LogP contribution in [-0.4, -0.2) is 72.6 Å². The maximum atomic E-state index is 2.77. The Balaban J connectivity index is 1.86. The van der Waals surface area contributed by atoms with Crippen molar-refractivity contribution in [2.75, 3.05) is 39.8 Å². The zero-order chi connectivity index (χ0) is 14.0. The fraction of sp³-hybridized carbons (Fsp3) is 1.00. The molecule has 2 aliphatic heterocycles. The molecule has 0 aromatic heterocycles. The van der Waals surface area contributed by atoms with Crippen molar-refractivity contribution < 1.29 is 0 Å². The lowest BCUT2D eigenvalue weighted by atomic mass is 9.94. The molecule has 0 N–H and O–H groups in total. The van der Waals surface area contributed by atoms with Crippen molar-refractivity contribution in [3.05, 3.63) is 0 Å². The Hall–Kier alpha value is -0.120. The van der Waals surface area contributed by atoms with E-state index < -0.39 is 0 Å². The summed E-state index contributed by atoms with van der Waals surface area (Å²) in [6.07, 6.45) is 2.78. The number of nitrogens with zero attached hydrogens (tertiary/aromatic N) is 3. The number of likely N-dealkylation sites (tertiary alicyclic amines) is 1. The monoisotopic (exact) mass is 267 g/mol. The summed E-state index contributed by atoms with van der Waals surface area (Å²) < 4.78 is 0. The van der Waals surface area contributed by atoms with Gasteiger partial charge in [0.05, 0.1) is 0 Å². The Morgan fingerprint density at radius 3 is 2.00 bits per heavy atom. The maximum Gasteiger partial charge on any atom is 0.0198 e. The molecule has 2 fully saturated rings. The number of hydrogen-bond donors (Lipinski definition) is 0. The molecule has 2 aliphatic rings. The Morgan fingerprint density at radius 2 is 1.53 bits per heavy atom. The summed E-state index contributed by atoms with van der Waals surface area (Å²) in [6, 6.07) is 2.12. The Labute approximate surface area is 119 Å². The first-order valence-corrected chi connectivity index (χ1v) is 8.15. The number of piperazine rings is 1. The lowest BCUT2D eigenvalue weighted by Crippen LogP contribution is -2.59. The van der Waals surface area contributed by atoms with Crippen molar-refractivity contribution in [1.82, 2.24) is 14.7 Å². The molecule has 0 aromatic rings. The third-order valence-electron chi connectivity index (χ3n) is 5.17. The van der Waals surface area contributed by atoms with Gasteiger partial charge in [0.15, 0.2) is 0 Å². The molecular formula is C16H33N3. The van der Waals surface area contributed by atoms with Crippen LogP contribution in [0.5, 0.6) is 0 Å². The molecule has 0 amide bonds. The molecule has 19 heavy (non-hydrogen) atoms. The third-order valence-corrected chi connectivity index (χ3v) is 5.17. The van der Waals surface area contributed by atoms with E-state index >= 15 is 0 Å². The van der Waals surface area contributed by atoms with E-state index in [0.717, 1.165) is 5.92 Å². The van der Waals surface area contributed by atoms with Crippen LogP contribution in [0.4, 0.5) is 0 Å². The summed E-state index contributed by atoms with van der Waals surface area (Å²) in [6.45, 7) is 15.9. The minimum absolute atomic E-state index is 0.690. The molecule has 2 atom stereocenters. The van der Waals surface area contributed by atoms with Gasteiger partial charge in [0, 0.05) is 37.8 Å². The van der Waals surface area contributed by atoms with E-state index in [1.54, 1.807) is 0 Å². The molecule has 2 unspecified atom stereocenters. The summed E-state index contributed by atoms with van der Waals surface area (Å²) in [4.78, 5) is 7.88. The topological polar surface area (TPSA) is 9.72 Å². The lowest BCUT2D eigenvalue weighted by Gasteiger charge is -2.47. The highest BCUT2D eigenvalue weighted by molar-refractivity contribution is 4.88. The van der Waals surface area contributed by atoms with E-state index in [-0.39, 0.29) is 0 Å². The molecule has 0 aliphatic carbocycles. The predicted molar refractivity (Wildman–Crippen MR) is 82.6 cm³/mol. The fourth-order valence-electron chi connectivity index (χ4n) is 3.72. The van der Waals surface area contributed by atoms with Crippen molar-refractivity contribution in [3.63, 3.8) is 0 Å². The molecule has 0 radical (unpaired) electrons. The van der Waals surface area contributed by atoms with Crippen LogP contribution >= 0.6 is 0 Å². The Morgan fingerprint density at radius 1 is 1.00 bits per heavy atom. The van der Waals surface area contributed by atoms with Gasteiger partial charge in [0.25, 0.3) is 0 Å². The summed E-state index contributed by atoms with van der Waals surface area (Å²) in [5.41, 5.74) is 0. The molecular weight excluding hydrogens is 234 g/mol. The molecule has 0 spiro atoms. The van der Waals surface area contributed by atoms with Crippen LogP contribution in [0.15, 0.2) is 0 Å². The highest BCUT2D eigenvalue weighted by Gasteiger charge is 2.32. The zero-order valence-corrected chi connectivity index (χ0v) is 13.6. The first-order chi connectivity index (χ1) is 8.97. The van der Waals surface area contributed by atoms with Gasteiger partial charge >= 0.3 is 0 Å². The van der Waals surface area contributed by atoms with Crippen molar-refractivity contribution >= 4 is 0 Å². The second-order valence-electron chi connectivity index (χ2n) is 7.19. The quantitative estimate of drug-likeness (QED) is 0.775. The van der Waals surface area contributed by atoms with Gasteiger partial charge in [-0.2, -0.15) is 0 Å². The SMILES string of the molecule is CC(C)N1CC(C)N(CC2CCN(C)CC2)C(C)C1. The average Bonchev–Trinajstić information content (AvgIpc) is 2.35. The summed E-state index contributed by atoms with van der Waals surface area (Å²) >= 11 is 0.